The summed E-state index contributed by atoms with van der Waals surface area (Å²) in [5, 5.41) is 5.66. The molecule has 0 aliphatic rings. The van der Waals surface area contributed by atoms with Crippen molar-refractivity contribution >= 4 is 29.2 Å². The lowest BCUT2D eigenvalue weighted by molar-refractivity contribution is -0.141. The Morgan fingerprint density at radius 3 is 2.20 bits per heavy atom. The lowest BCUT2D eigenvalue weighted by Crippen LogP contribution is -2.34. The number of carbonyl (C=O) groups is 3. The molecule has 35 heavy (non-hydrogen) atoms. The molecule has 0 saturated carbocycles. The van der Waals surface area contributed by atoms with Crippen LogP contribution in [0.2, 0.25) is 0 Å². The highest BCUT2D eigenvalue weighted by atomic mass is 16.5. The van der Waals surface area contributed by atoms with Crippen molar-refractivity contribution in [2.24, 2.45) is 0 Å². The van der Waals surface area contributed by atoms with Gasteiger partial charge < -0.3 is 20.1 Å². The van der Waals surface area contributed by atoms with Crippen molar-refractivity contribution in [2.75, 3.05) is 37.9 Å². The number of hydrogen-bond acceptors (Lipinski definition) is 6. The Bertz CT molecular complexity index is 1130. The van der Waals surface area contributed by atoms with E-state index in [1.807, 2.05) is 47.4 Å². The number of methoxy groups -OCH3 is 2. The Kier molecular flexibility index (Phi) is 9.39. The quantitative estimate of drug-likeness (QED) is 0.408. The minimum atomic E-state index is -0.328. The molecule has 0 aliphatic heterocycles. The van der Waals surface area contributed by atoms with E-state index in [9.17, 15) is 14.4 Å². The second-order valence-electron chi connectivity index (χ2n) is 7.80. The van der Waals surface area contributed by atoms with E-state index in [1.54, 1.807) is 43.5 Å². The molecule has 0 radical (unpaired) electrons. The zero-order valence-corrected chi connectivity index (χ0v) is 19.8. The van der Waals surface area contributed by atoms with Crippen LogP contribution in [0.4, 0.5) is 11.4 Å². The maximum atomic E-state index is 12.7. The molecule has 0 fully saturated rings. The zero-order chi connectivity index (χ0) is 25.0. The number of nitrogens with one attached hydrogen (secondary N) is 2. The van der Waals surface area contributed by atoms with Crippen LogP contribution in [-0.2, 0) is 20.9 Å². The first-order valence-corrected chi connectivity index (χ1v) is 11.2. The summed E-state index contributed by atoms with van der Waals surface area (Å²) in [5.74, 6) is -0.274. The second kappa shape index (κ2) is 12.9. The normalized spacial score (nSPS) is 10.5. The number of ether oxygens (including phenoxy) is 2. The van der Waals surface area contributed by atoms with Gasteiger partial charge in [-0.1, -0.05) is 42.5 Å². The fraction of sp³-hybridized carbons (Fsp3) is 0.222. The Balaban J connectivity index is 1.59. The first-order chi connectivity index (χ1) is 17.0. The van der Waals surface area contributed by atoms with Crippen LogP contribution in [-0.4, -0.2) is 50.0 Å². The summed E-state index contributed by atoms with van der Waals surface area (Å²) in [5.41, 5.74) is 2.62. The summed E-state index contributed by atoms with van der Waals surface area (Å²) >= 11 is 0. The van der Waals surface area contributed by atoms with Crippen molar-refractivity contribution < 1.29 is 23.9 Å². The molecule has 2 N–H and O–H groups in total. The Hall–Kier alpha value is -4.17. The van der Waals surface area contributed by atoms with Gasteiger partial charge in [0.15, 0.2) is 0 Å². The van der Waals surface area contributed by atoms with Crippen LogP contribution in [0.25, 0.3) is 0 Å². The molecule has 3 aromatic carbocycles. The van der Waals surface area contributed by atoms with Crippen LogP contribution in [0.15, 0.2) is 78.9 Å². The van der Waals surface area contributed by atoms with E-state index in [1.165, 1.54) is 7.11 Å². The molecule has 0 unspecified atom stereocenters. The highest BCUT2D eigenvalue weighted by molar-refractivity contribution is 6.05. The molecule has 0 aromatic heterocycles. The predicted octanol–water partition coefficient (Wildman–Crippen LogP) is 3.95. The molecule has 8 heteroatoms. The van der Waals surface area contributed by atoms with E-state index in [0.29, 0.717) is 35.8 Å². The van der Waals surface area contributed by atoms with Crippen molar-refractivity contribution in [2.45, 2.75) is 13.0 Å². The van der Waals surface area contributed by atoms with Gasteiger partial charge in [-0.25, -0.2) is 0 Å². The van der Waals surface area contributed by atoms with Gasteiger partial charge in [0.25, 0.3) is 5.91 Å². The van der Waals surface area contributed by atoms with E-state index in [-0.39, 0.29) is 30.7 Å². The first-order valence-electron chi connectivity index (χ1n) is 11.2. The number of para-hydroxylation sites is 2. The van der Waals surface area contributed by atoms with Crippen molar-refractivity contribution in [1.82, 2.24) is 4.90 Å². The summed E-state index contributed by atoms with van der Waals surface area (Å²) < 4.78 is 9.99. The standard InChI is InChI=1S/C27H29N3O5/c1-34-24-11-7-6-10-23(24)29-27(33)21-12-14-22(15-13-21)28-25(31)19-30(17-16-26(32)35-2)18-20-8-4-3-5-9-20/h3-15H,16-19H2,1-2H3,(H,28,31)(H,29,33). The summed E-state index contributed by atoms with van der Waals surface area (Å²) in [6, 6.07) is 23.5. The third kappa shape index (κ3) is 7.97. The molecule has 0 heterocycles. The lowest BCUT2D eigenvalue weighted by atomic mass is 10.2. The van der Waals surface area contributed by atoms with Gasteiger partial charge in [0.05, 0.1) is 32.9 Å². The van der Waals surface area contributed by atoms with Gasteiger partial charge >= 0.3 is 5.97 Å². The molecule has 8 nitrogen and oxygen atoms in total. The molecule has 0 saturated heterocycles. The molecule has 3 aromatic rings. The van der Waals surface area contributed by atoms with E-state index in [2.05, 4.69) is 10.6 Å². The van der Waals surface area contributed by atoms with Gasteiger partial charge in [0.1, 0.15) is 5.75 Å². The fourth-order valence-corrected chi connectivity index (χ4v) is 3.46. The molecule has 3 rings (SSSR count). The third-order valence-corrected chi connectivity index (χ3v) is 5.26. The maximum absolute atomic E-state index is 12.7. The Morgan fingerprint density at radius 1 is 0.829 bits per heavy atom. The average molecular weight is 476 g/mol. The largest absolute Gasteiger partial charge is 0.495 e. The van der Waals surface area contributed by atoms with Gasteiger partial charge in [-0.2, -0.15) is 0 Å². The number of rotatable bonds is 11. The topological polar surface area (TPSA) is 97.0 Å². The molecule has 2 amide bonds. The van der Waals surface area contributed by atoms with Gasteiger partial charge in [-0.3, -0.25) is 19.3 Å². The van der Waals surface area contributed by atoms with Crippen LogP contribution in [0.1, 0.15) is 22.3 Å². The fourth-order valence-electron chi connectivity index (χ4n) is 3.46. The van der Waals surface area contributed by atoms with Crippen LogP contribution in [0.5, 0.6) is 5.75 Å². The predicted molar refractivity (Wildman–Crippen MR) is 134 cm³/mol. The average Bonchev–Trinajstić information content (AvgIpc) is 2.88. The molecular formula is C27H29N3O5. The van der Waals surface area contributed by atoms with E-state index in [0.717, 1.165) is 5.56 Å². The molecule has 182 valence electrons. The SMILES string of the molecule is COC(=O)CCN(CC(=O)Nc1ccc(C(=O)Nc2ccccc2OC)cc1)Cc1ccccc1. The molecular weight excluding hydrogens is 446 g/mol. The van der Waals surface area contributed by atoms with Gasteiger partial charge in [-0.15, -0.1) is 0 Å². The molecule has 0 spiro atoms. The summed E-state index contributed by atoms with van der Waals surface area (Å²) in [7, 11) is 2.88. The summed E-state index contributed by atoms with van der Waals surface area (Å²) in [6.45, 7) is 1.01. The zero-order valence-electron chi connectivity index (χ0n) is 19.8. The van der Waals surface area contributed by atoms with Gasteiger partial charge in [0, 0.05) is 24.3 Å². The van der Waals surface area contributed by atoms with Crippen molar-refractivity contribution in [1.29, 1.82) is 0 Å². The van der Waals surface area contributed by atoms with E-state index in [4.69, 9.17) is 9.47 Å². The lowest BCUT2D eigenvalue weighted by Gasteiger charge is -2.21. The monoisotopic (exact) mass is 475 g/mol. The highest BCUT2D eigenvalue weighted by Crippen LogP contribution is 2.24. The highest BCUT2D eigenvalue weighted by Gasteiger charge is 2.15. The Labute approximate surface area is 204 Å². The van der Waals surface area contributed by atoms with Crippen LogP contribution in [0, 0.1) is 0 Å². The number of benzene rings is 3. The second-order valence-corrected chi connectivity index (χ2v) is 7.80. The van der Waals surface area contributed by atoms with Gasteiger partial charge in [-0.05, 0) is 42.0 Å². The minimum absolute atomic E-state index is 0.0991. The van der Waals surface area contributed by atoms with Crippen LogP contribution < -0.4 is 15.4 Å². The Morgan fingerprint density at radius 2 is 1.51 bits per heavy atom. The van der Waals surface area contributed by atoms with E-state index >= 15 is 0 Å². The molecule has 0 atom stereocenters. The van der Waals surface area contributed by atoms with Crippen molar-refractivity contribution in [3.63, 3.8) is 0 Å². The number of anilines is 2. The minimum Gasteiger partial charge on any atom is -0.495 e. The van der Waals surface area contributed by atoms with Crippen LogP contribution >= 0.6 is 0 Å². The van der Waals surface area contributed by atoms with Crippen molar-refractivity contribution in [3.8, 4) is 5.75 Å². The summed E-state index contributed by atoms with van der Waals surface area (Å²) in [4.78, 5) is 38.8. The number of amides is 2. The molecule has 0 bridgehead atoms. The van der Waals surface area contributed by atoms with E-state index < -0.39 is 0 Å². The smallest absolute Gasteiger partial charge is 0.306 e. The third-order valence-electron chi connectivity index (χ3n) is 5.26. The number of hydrogen-bond donors (Lipinski definition) is 2. The van der Waals surface area contributed by atoms with Crippen LogP contribution in [0.3, 0.4) is 0 Å². The first kappa shape index (κ1) is 25.5. The number of nitrogens with zero attached hydrogens (tertiary/aromatic N) is 1. The molecule has 0 aliphatic carbocycles. The number of esters is 1. The number of carbonyl (C=O) groups excluding carboxylic acids is 3. The van der Waals surface area contributed by atoms with Crippen molar-refractivity contribution in [3.05, 3.63) is 90.0 Å². The summed E-state index contributed by atoms with van der Waals surface area (Å²) in [6.07, 6.45) is 0.187. The maximum Gasteiger partial charge on any atom is 0.306 e. The van der Waals surface area contributed by atoms with Gasteiger partial charge in [0.2, 0.25) is 5.91 Å².